The van der Waals surface area contributed by atoms with Gasteiger partial charge in [0.2, 0.25) is 0 Å². The van der Waals surface area contributed by atoms with E-state index in [1.807, 2.05) is 0 Å². The smallest absolute Gasteiger partial charge is 0.0396 e. The topological polar surface area (TPSA) is 29.3 Å². The van der Waals surface area contributed by atoms with Gasteiger partial charge in [0.05, 0.1) is 0 Å². The summed E-state index contributed by atoms with van der Waals surface area (Å²) >= 11 is 0. The normalized spacial score (nSPS) is 12.8. The van der Waals surface area contributed by atoms with Crippen LogP contribution >= 0.6 is 0 Å². The van der Waals surface area contributed by atoms with Gasteiger partial charge in [0.15, 0.2) is 0 Å². The lowest BCUT2D eigenvalue weighted by Crippen LogP contribution is -2.25. The Bertz CT molecular complexity index is 347. The second kappa shape index (κ2) is 7.42. The maximum Gasteiger partial charge on any atom is 0.0396 e. The van der Waals surface area contributed by atoms with E-state index in [4.69, 9.17) is 5.73 Å². The molecule has 0 bridgehead atoms. The minimum absolute atomic E-state index is 0.268. The summed E-state index contributed by atoms with van der Waals surface area (Å²) in [7, 11) is 2.18. The Morgan fingerprint density at radius 1 is 1.22 bits per heavy atom. The SMILES string of the molecule is CCC(N)Cc1ccccc1N(C)CCC(C)C. The summed E-state index contributed by atoms with van der Waals surface area (Å²) in [5, 5.41) is 0. The van der Waals surface area contributed by atoms with Gasteiger partial charge >= 0.3 is 0 Å². The molecule has 1 aromatic carbocycles. The van der Waals surface area contributed by atoms with Crippen LogP contribution in [-0.2, 0) is 6.42 Å². The zero-order valence-electron chi connectivity index (χ0n) is 12.3. The van der Waals surface area contributed by atoms with Gasteiger partial charge in [-0.05, 0) is 36.8 Å². The number of hydrogen-bond donors (Lipinski definition) is 1. The molecule has 0 saturated heterocycles. The van der Waals surface area contributed by atoms with Gasteiger partial charge < -0.3 is 10.6 Å². The lowest BCUT2D eigenvalue weighted by atomic mass is 10.0. The number of nitrogens with zero attached hydrogens (tertiary/aromatic N) is 1. The molecule has 0 aliphatic carbocycles. The van der Waals surface area contributed by atoms with Crippen LogP contribution in [0.15, 0.2) is 24.3 Å². The molecule has 0 aliphatic heterocycles. The van der Waals surface area contributed by atoms with E-state index in [9.17, 15) is 0 Å². The van der Waals surface area contributed by atoms with Gasteiger partial charge in [-0.1, -0.05) is 39.0 Å². The van der Waals surface area contributed by atoms with E-state index in [1.54, 1.807) is 0 Å². The molecule has 1 atom stereocenters. The molecule has 0 radical (unpaired) electrons. The molecule has 2 heteroatoms. The van der Waals surface area contributed by atoms with Crippen molar-refractivity contribution in [3.05, 3.63) is 29.8 Å². The summed E-state index contributed by atoms with van der Waals surface area (Å²) in [6, 6.07) is 8.90. The summed E-state index contributed by atoms with van der Waals surface area (Å²) in [6.07, 6.45) is 3.23. The molecule has 102 valence electrons. The van der Waals surface area contributed by atoms with Crippen LogP contribution in [0.3, 0.4) is 0 Å². The minimum atomic E-state index is 0.268. The molecule has 1 rings (SSSR count). The molecule has 0 aliphatic rings. The lowest BCUT2D eigenvalue weighted by molar-refractivity contribution is 0.583. The molecule has 1 unspecified atom stereocenters. The van der Waals surface area contributed by atoms with E-state index in [2.05, 4.69) is 57.0 Å². The first-order valence-electron chi connectivity index (χ1n) is 7.09. The fraction of sp³-hybridized carbons (Fsp3) is 0.625. The van der Waals surface area contributed by atoms with E-state index in [0.29, 0.717) is 0 Å². The highest BCUT2D eigenvalue weighted by Gasteiger charge is 2.10. The average Bonchev–Trinajstić information content (AvgIpc) is 2.36. The van der Waals surface area contributed by atoms with E-state index in [-0.39, 0.29) is 6.04 Å². The molecule has 0 fully saturated rings. The van der Waals surface area contributed by atoms with Crippen LogP contribution in [0.25, 0.3) is 0 Å². The standard InChI is InChI=1S/C16H28N2/c1-5-15(17)12-14-8-6-7-9-16(14)18(4)11-10-13(2)3/h6-9,13,15H,5,10-12,17H2,1-4H3. The van der Waals surface area contributed by atoms with Crippen molar-refractivity contribution in [2.45, 2.75) is 46.1 Å². The zero-order valence-corrected chi connectivity index (χ0v) is 12.3. The average molecular weight is 248 g/mol. The quantitative estimate of drug-likeness (QED) is 0.801. The molecule has 0 spiro atoms. The number of para-hydroxylation sites is 1. The van der Waals surface area contributed by atoms with Gasteiger partial charge in [-0.2, -0.15) is 0 Å². The van der Waals surface area contributed by atoms with Crippen LogP contribution in [0.5, 0.6) is 0 Å². The molecule has 1 aromatic rings. The molecule has 0 amide bonds. The highest BCUT2D eigenvalue weighted by atomic mass is 15.1. The van der Waals surface area contributed by atoms with Gasteiger partial charge in [-0.3, -0.25) is 0 Å². The van der Waals surface area contributed by atoms with Crippen molar-refractivity contribution in [3.63, 3.8) is 0 Å². The summed E-state index contributed by atoms with van der Waals surface area (Å²) in [6.45, 7) is 7.80. The van der Waals surface area contributed by atoms with E-state index < -0.39 is 0 Å². The third-order valence-electron chi connectivity index (χ3n) is 3.45. The zero-order chi connectivity index (χ0) is 13.5. The Morgan fingerprint density at radius 3 is 2.50 bits per heavy atom. The summed E-state index contributed by atoms with van der Waals surface area (Å²) in [5.41, 5.74) is 8.79. The number of rotatable bonds is 7. The van der Waals surface area contributed by atoms with Gasteiger partial charge in [0.1, 0.15) is 0 Å². The highest BCUT2D eigenvalue weighted by molar-refractivity contribution is 5.53. The van der Waals surface area contributed by atoms with E-state index >= 15 is 0 Å². The first kappa shape index (κ1) is 15.0. The van der Waals surface area contributed by atoms with Crippen molar-refractivity contribution >= 4 is 5.69 Å². The maximum absolute atomic E-state index is 6.08. The highest BCUT2D eigenvalue weighted by Crippen LogP contribution is 2.21. The molecule has 0 heterocycles. The van der Waals surface area contributed by atoms with Crippen molar-refractivity contribution in [1.82, 2.24) is 0 Å². The predicted octanol–water partition coefficient (Wildman–Crippen LogP) is 3.45. The molecule has 0 aromatic heterocycles. The second-order valence-corrected chi connectivity index (χ2v) is 5.61. The molecule has 2 nitrogen and oxygen atoms in total. The van der Waals surface area contributed by atoms with Crippen LogP contribution in [0.4, 0.5) is 5.69 Å². The Labute approximate surface area is 112 Å². The molecular formula is C16H28N2. The Morgan fingerprint density at radius 2 is 1.89 bits per heavy atom. The Balaban J connectivity index is 2.74. The van der Waals surface area contributed by atoms with E-state index in [0.717, 1.165) is 25.3 Å². The first-order valence-corrected chi connectivity index (χ1v) is 7.09. The molecule has 18 heavy (non-hydrogen) atoms. The van der Waals surface area contributed by atoms with Gasteiger partial charge in [-0.15, -0.1) is 0 Å². The molecular weight excluding hydrogens is 220 g/mol. The van der Waals surface area contributed by atoms with Crippen molar-refractivity contribution < 1.29 is 0 Å². The number of nitrogens with two attached hydrogens (primary N) is 1. The van der Waals surface area contributed by atoms with Gasteiger partial charge in [0, 0.05) is 25.3 Å². The van der Waals surface area contributed by atoms with Gasteiger partial charge in [-0.25, -0.2) is 0 Å². The van der Waals surface area contributed by atoms with Crippen molar-refractivity contribution in [3.8, 4) is 0 Å². The third-order valence-corrected chi connectivity index (χ3v) is 3.45. The third kappa shape index (κ3) is 4.69. The Kier molecular flexibility index (Phi) is 6.20. The predicted molar refractivity (Wildman–Crippen MR) is 81.1 cm³/mol. The maximum atomic E-state index is 6.08. The van der Waals surface area contributed by atoms with Crippen molar-refractivity contribution in [2.24, 2.45) is 11.7 Å². The van der Waals surface area contributed by atoms with Crippen LogP contribution in [0, 0.1) is 5.92 Å². The number of anilines is 1. The molecule has 0 saturated carbocycles. The van der Waals surface area contributed by atoms with Gasteiger partial charge in [0.25, 0.3) is 0 Å². The summed E-state index contributed by atoms with van der Waals surface area (Å²) in [5.74, 6) is 0.748. The summed E-state index contributed by atoms with van der Waals surface area (Å²) < 4.78 is 0. The summed E-state index contributed by atoms with van der Waals surface area (Å²) in [4.78, 5) is 2.36. The van der Waals surface area contributed by atoms with Crippen molar-refractivity contribution in [2.75, 3.05) is 18.5 Å². The fourth-order valence-electron chi connectivity index (χ4n) is 2.05. The Hall–Kier alpha value is -1.02. The molecule has 2 N–H and O–H groups in total. The number of hydrogen-bond acceptors (Lipinski definition) is 2. The fourth-order valence-corrected chi connectivity index (χ4v) is 2.05. The van der Waals surface area contributed by atoms with Crippen LogP contribution < -0.4 is 10.6 Å². The van der Waals surface area contributed by atoms with Crippen molar-refractivity contribution in [1.29, 1.82) is 0 Å². The van der Waals surface area contributed by atoms with Crippen LogP contribution in [0.1, 0.15) is 39.2 Å². The second-order valence-electron chi connectivity index (χ2n) is 5.61. The van der Waals surface area contributed by atoms with Crippen LogP contribution in [0.2, 0.25) is 0 Å². The van der Waals surface area contributed by atoms with E-state index in [1.165, 1.54) is 17.7 Å². The van der Waals surface area contributed by atoms with Crippen LogP contribution in [-0.4, -0.2) is 19.6 Å². The number of benzene rings is 1. The minimum Gasteiger partial charge on any atom is -0.374 e. The first-order chi connectivity index (χ1) is 8.54. The lowest BCUT2D eigenvalue weighted by Gasteiger charge is -2.24. The largest absolute Gasteiger partial charge is 0.374 e. The monoisotopic (exact) mass is 248 g/mol.